The second-order valence-corrected chi connectivity index (χ2v) is 10.4. The Hall–Kier alpha value is -4.04. The van der Waals surface area contributed by atoms with Gasteiger partial charge < -0.3 is 14.8 Å². The average molecular weight is 572 g/mol. The third-order valence-corrected chi connectivity index (χ3v) is 7.91. The number of benzene rings is 3. The summed E-state index contributed by atoms with van der Waals surface area (Å²) in [7, 11) is 3.21. The number of Topliss-reactive ketones (excluding diaryl/α,β-unsaturated/α-hetero) is 1. The number of ketones is 1. The molecule has 2 atom stereocenters. The molecule has 6 rings (SSSR count). The van der Waals surface area contributed by atoms with Gasteiger partial charge in [0.15, 0.2) is 17.3 Å². The zero-order valence-electron chi connectivity index (χ0n) is 21.0. The minimum absolute atomic E-state index is 0.0314. The molecule has 2 heterocycles. The summed E-state index contributed by atoms with van der Waals surface area (Å²) in [6.45, 7) is 0. The van der Waals surface area contributed by atoms with Crippen LogP contribution in [0.4, 0.5) is 5.82 Å². The van der Waals surface area contributed by atoms with E-state index in [9.17, 15) is 9.59 Å². The Morgan fingerprint density at radius 1 is 0.868 bits per heavy atom. The van der Waals surface area contributed by atoms with Gasteiger partial charge in [-0.3, -0.25) is 14.7 Å². The predicted octanol–water partition coefficient (Wildman–Crippen LogP) is 5.90. The predicted molar refractivity (Wildman–Crippen MR) is 150 cm³/mol. The number of methoxy groups -OCH3 is 2. The third-order valence-electron chi connectivity index (χ3n) is 7.38. The second-order valence-electron chi connectivity index (χ2n) is 9.52. The van der Waals surface area contributed by atoms with E-state index in [1.165, 1.54) is 4.68 Å². The summed E-state index contributed by atoms with van der Waals surface area (Å²) >= 11 is 3.50. The van der Waals surface area contributed by atoms with Crippen molar-refractivity contribution in [1.29, 1.82) is 0 Å². The lowest BCUT2D eigenvalue weighted by atomic mass is 9.73. The van der Waals surface area contributed by atoms with Gasteiger partial charge in [-0.25, -0.2) is 4.68 Å². The molecule has 0 bridgehead atoms. The maximum Gasteiger partial charge on any atom is 0.277 e. The largest absolute Gasteiger partial charge is 0.493 e. The Bertz CT molecular complexity index is 1620. The molecule has 0 unspecified atom stereocenters. The highest BCUT2D eigenvalue weighted by Gasteiger charge is 2.41. The number of aromatic nitrogens is 2. The summed E-state index contributed by atoms with van der Waals surface area (Å²) in [5, 5.41) is 6.71. The van der Waals surface area contributed by atoms with Crippen molar-refractivity contribution in [2.24, 2.45) is 0 Å². The SMILES string of the molecule is COc1ccc([C@@H]2CC(=O)C3=C(C2)Nc2[nH]n(-c4ccccc4)c(=O)c2[C@H]3c2ccc(Br)cc2)cc1OC. The quantitative estimate of drug-likeness (QED) is 0.311. The molecule has 4 aromatic rings. The Balaban J connectivity index is 1.47. The van der Waals surface area contributed by atoms with E-state index >= 15 is 0 Å². The fourth-order valence-electron chi connectivity index (χ4n) is 5.58. The average Bonchev–Trinajstić information content (AvgIpc) is 3.28. The summed E-state index contributed by atoms with van der Waals surface area (Å²) in [6, 6.07) is 23.1. The van der Waals surface area contributed by atoms with Crippen LogP contribution in [0.1, 0.15) is 41.4 Å². The number of nitrogens with zero attached hydrogens (tertiary/aromatic N) is 1. The van der Waals surface area contributed by atoms with Crippen molar-refractivity contribution >= 4 is 27.5 Å². The molecule has 1 aliphatic heterocycles. The van der Waals surface area contributed by atoms with Gasteiger partial charge in [0.25, 0.3) is 5.56 Å². The first kappa shape index (κ1) is 24.3. The van der Waals surface area contributed by atoms with E-state index in [2.05, 4.69) is 26.3 Å². The van der Waals surface area contributed by atoms with Gasteiger partial charge >= 0.3 is 0 Å². The van der Waals surface area contributed by atoms with Crippen LogP contribution in [0.25, 0.3) is 5.69 Å². The van der Waals surface area contributed by atoms with Crippen LogP contribution in [-0.4, -0.2) is 29.8 Å². The van der Waals surface area contributed by atoms with Crippen molar-refractivity contribution in [2.75, 3.05) is 19.5 Å². The van der Waals surface area contributed by atoms with Crippen molar-refractivity contribution in [3.05, 3.63) is 116 Å². The minimum Gasteiger partial charge on any atom is -0.493 e. The highest BCUT2D eigenvalue weighted by Crippen LogP contribution is 2.47. The molecule has 1 aliphatic carbocycles. The number of ether oxygens (including phenoxy) is 2. The van der Waals surface area contributed by atoms with Gasteiger partial charge in [0, 0.05) is 28.1 Å². The first-order valence-corrected chi connectivity index (χ1v) is 13.2. The minimum atomic E-state index is -0.470. The van der Waals surface area contributed by atoms with Gasteiger partial charge in [-0.05, 0) is 59.9 Å². The van der Waals surface area contributed by atoms with E-state index in [1.807, 2.05) is 72.8 Å². The fourth-order valence-corrected chi connectivity index (χ4v) is 5.85. The van der Waals surface area contributed by atoms with Gasteiger partial charge in [-0.2, -0.15) is 0 Å². The van der Waals surface area contributed by atoms with Crippen molar-refractivity contribution in [2.45, 2.75) is 24.7 Å². The summed E-state index contributed by atoms with van der Waals surface area (Å²) < 4.78 is 13.4. The highest BCUT2D eigenvalue weighted by molar-refractivity contribution is 9.10. The molecule has 0 spiro atoms. The Kier molecular flexibility index (Phi) is 6.19. The molecular formula is C30H26BrN3O4. The molecule has 38 heavy (non-hydrogen) atoms. The molecule has 3 aromatic carbocycles. The van der Waals surface area contributed by atoms with Crippen LogP contribution in [0.3, 0.4) is 0 Å². The van der Waals surface area contributed by atoms with E-state index in [4.69, 9.17) is 9.47 Å². The van der Waals surface area contributed by atoms with Gasteiger partial charge in [0.1, 0.15) is 5.82 Å². The summed E-state index contributed by atoms with van der Waals surface area (Å²) in [6.07, 6.45) is 0.969. The van der Waals surface area contributed by atoms with Crippen molar-refractivity contribution < 1.29 is 14.3 Å². The van der Waals surface area contributed by atoms with Gasteiger partial charge in [0.05, 0.1) is 25.5 Å². The first-order chi connectivity index (χ1) is 18.5. The number of anilines is 1. The van der Waals surface area contributed by atoms with Crippen LogP contribution in [0.2, 0.25) is 0 Å². The van der Waals surface area contributed by atoms with Crippen molar-refractivity contribution in [1.82, 2.24) is 9.78 Å². The lowest BCUT2D eigenvalue weighted by Crippen LogP contribution is -2.32. The summed E-state index contributed by atoms with van der Waals surface area (Å²) in [5.74, 6) is 1.42. The number of nitrogens with one attached hydrogen (secondary N) is 2. The number of aromatic amines is 1. The monoisotopic (exact) mass is 571 g/mol. The van der Waals surface area contributed by atoms with Crippen LogP contribution in [0.5, 0.6) is 11.5 Å². The first-order valence-electron chi connectivity index (χ1n) is 12.4. The van der Waals surface area contributed by atoms with Crippen LogP contribution in [0.15, 0.2) is 93.3 Å². The van der Waals surface area contributed by atoms with E-state index in [1.54, 1.807) is 14.2 Å². The van der Waals surface area contributed by atoms with Gasteiger partial charge in [-0.1, -0.05) is 52.3 Å². The van der Waals surface area contributed by atoms with Crippen LogP contribution < -0.4 is 20.3 Å². The van der Waals surface area contributed by atoms with Crippen LogP contribution in [-0.2, 0) is 4.79 Å². The number of H-pyrrole nitrogens is 1. The van der Waals surface area contributed by atoms with E-state index < -0.39 is 5.92 Å². The number of hydrogen-bond donors (Lipinski definition) is 2. The Morgan fingerprint density at radius 2 is 1.58 bits per heavy atom. The topological polar surface area (TPSA) is 85.4 Å². The molecule has 2 N–H and O–H groups in total. The van der Waals surface area contributed by atoms with E-state index in [0.29, 0.717) is 41.3 Å². The number of halogens is 1. The lowest BCUT2D eigenvalue weighted by Gasteiger charge is -2.34. The zero-order valence-corrected chi connectivity index (χ0v) is 22.5. The third kappa shape index (κ3) is 4.05. The van der Waals surface area contributed by atoms with Crippen molar-refractivity contribution in [3.8, 4) is 17.2 Å². The standard InChI is InChI=1S/C30H26BrN3O4/c1-37-24-13-10-18(16-25(24)38-2)19-14-22-27(23(35)15-19)26(17-8-11-20(31)12-9-17)28-29(32-22)33-34(30(28)36)21-6-4-3-5-7-21/h3-13,16,19,26,32-33H,14-15H2,1-2H3/t19-,26-/m0/s1. The zero-order chi connectivity index (χ0) is 26.4. The van der Waals surface area contributed by atoms with Crippen LogP contribution >= 0.6 is 15.9 Å². The molecule has 192 valence electrons. The van der Waals surface area contributed by atoms with Gasteiger partial charge in [0.2, 0.25) is 0 Å². The number of fused-ring (bicyclic) bond motifs is 1. The number of rotatable bonds is 5. The number of carbonyl (C=O) groups is 1. The molecule has 8 heteroatoms. The Morgan fingerprint density at radius 3 is 2.29 bits per heavy atom. The molecule has 1 aromatic heterocycles. The Labute approximate surface area is 228 Å². The number of carbonyl (C=O) groups excluding carboxylic acids is 1. The molecule has 2 aliphatic rings. The molecule has 0 radical (unpaired) electrons. The van der Waals surface area contributed by atoms with Crippen molar-refractivity contribution in [3.63, 3.8) is 0 Å². The molecule has 0 saturated carbocycles. The molecule has 0 fully saturated rings. The molecule has 0 amide bonds. The highest BCUT2D eigenvalue weighted by atomic mass is 79.9. The maximum atomic E-state index is 13.9. The van der Waals surface area contributed by atoms with E-state index in [-0.39, 0.29) is 17.3 Å². The number of para-hydroxylation sites is 1. The molecule has 0 saturated heterocycles. The second kappa shape index (κ2) is 9.68. The van der Waals surface area contributed by atoms with Gasteiger partial charge in [-0.15, -0.1) is 0 Å². The van der Waals surface area contributed by atoms with E-state index in [0.717, 1.165) is 27.0 Å². The van der Waals surface area contributed by atoms with Crippen LogP contribution in [0, 0.1) is 0 Å². The number of hydrogen-bond acceptors (Lipinski definition) is 5. The molecular weight excluding hydrogens is 546 g/mol. The normalized spacial score (nSPS) is 18.4. The number of allylic oxidation sites excluding steroid dienone is 2. The smallest absolute Gasteiger partial charge is 0.277 e. The lowest BCUT2D eigenvalue weighted by molar-refractivity contribution is -0.116. The summed E-state index contributed by atoms with van der Waals surface area (Å²) in [4.78, 5) is 27.6. The summed E-state index contributed by atoms with van der Waals surface area (Å²) in [5.41, 5.74) is 4.51. The maximum absolute atomic E-state index is 13.9. The fraction of sp³-hybridized carbons (Fsp3) is 0.200. The molecule has 7 nitrogen and oxygen atoms in total.